The molecule has 11 nitrogen and oxygen atoms in total. The van der Waals surface area contributed by atoms with Crippen LogP contribution in [0.15, 0.2) is 108 Å². The minimum atomic E-state index is -0.283. The molecule has 2 aliphatic heterocycles. The van der Waals surface area contributed by atoms with Gasteiger partial charge in [0.15, 0.2) is 31.2 Å². The summed E-state index contributed by atoms with van der Waals surface area (Å²) in [6, 6.07) is 17.6. The Hall–Kier alpha value is -4.78. The number of anilines is 1. The molecule has 3 heterocycles. The van der Waals surface area contributed by atoms with Gasteiger partial charge in [-0.15, -0.1) is 0 Å². The summed E-state index contributed by atoms with van der Waals surface area (Å²) >= 11 is 0. The highest BCUT2D eigenvalue weighted by atomic mass is 16.5. The normalized spacial score (nSPS) is 17.9. The van der Waals surface area contributed by atoms with E-state index in [-0.39, 0.29) is 22.3 Å². The SMILES string of the molecule is COCCCOc1ccc2c(c1)C(C)(C)C(/C=C/C1=C(OC(c3cc[n+](CCCOC)cc3)C(C)(C)C)C(=C/C=C3/N(CCCOC)c4ccc(OCCCOC)cc4C3(C)C)/CC1)=[N+]2CCCOC. The number of nitrogens with zero attached hydrogens (tertiary/aromatic N) is 3. The predicted octanol–water partition coefficient (Wildman–Crippen LogP) is 11.3. The van der Waals surface area contributed by atoms with Gasteiger partial charge in [0.05, 0.1) is 31.8 Å². The Morgan fingerprint density at radius 3 is 1.84 bits per heavy atom. The second-order valence-electron chi connectivity index (χ2n) is 20.9. The first-order valence-corrected chi connectivity index (χ1v) is 25.6. The molecule has 1 unspecified atom stereocenters. The Morgan fingerprint density at radius 1 is 0.629 bits per heavy atom. The van der Waals surface area contributed by atoms with Gasteiger partial charge in [0.25, 0.3) is 0 Å². The van der Waals surface area contributed by atoms with E-state index in [1.54, 1.807) is 35.5 Å². The van der Waals surface area contributed by atoms with E-state index in [0.29, 0.717) is 39.6 Å². The molecule has 1 atom stereocenters. The lowest BCUT2D eigenvalue weighted by atomic mass is 9.81. The lowest BCUT2D eigenvalue weighted by molar-refractivity contribution is -0.697. The number of aromatic nitrogens is 1. The number of hydrogen-bond donors (Lipinski definition) is 0. The highest BCUT2D eigenvalue weighted by Gasteiger charge is 2.45. The number of hydrogen-bond acceptors (Lipinski definition) is 9. The molecule has 11 heteroatoms. The summed E-state index contributed by atoms with van der Waals surface area (Å²) in [6.07, 6.45) is 19.7. The van der Waals surface area contributed by atoms with E-state index in [4.69, 9.17) is 37.9 Å². The van der Waals surface area contributed by atoms with Gasteiger partial charge in [-0.2, -0.15) is 4.58 Å². The third-order valence-electron chi connectivity index (χ3n) is 13.8. The van der Waals surface area contributed by atoms with Crippen LogP contribution < -0.4 is 18.9 Å². The first-order chi connectivity index (χ1) is 33.7. The van der Waals surface area contributed by atoms with Gasteiger partial charge in [-0.1, -0.05) is 40.7 Å². The van der Waals surface area contributed by atoms with Crippen molar-refractivity contribution in [1.29, 1.82) is 0 Å². The molecule has 382 valence electrons. The molecule has 0 spiro atoms. The van der Waals surface area contributed by atoms with Gasteiger partial charge in [-0.25, -0.2) is 4.57 Å². The second-order valence-corrected chi connectivity index (χ2v) is 20.9. The third kappa shape index (κ3) is 13.4. The van der Waals surface area contributed by atoms with Gasteiger partial charge in [0, 0.05) is 145 Å². The van der Waals surface area contributed by atoms with Crippen molar-refractivity contribution in [2.45, 2.75) is 117 Å². The van der Waals surface area contributed by atoms with E-state index < -0.39 is 0 Å². The van der Waals surface area contributed by atoms with E-state index in [2.05, 4.69) is 148 Å². The van der Waals surface area contributed by atoms with E-state index in [0.717, 1.165) is 94.0 Å². The van der Waals surface area contributed by atoms with Crippen LogP contribution in [0.3, 0.4) is 0 Å². The van der Waals surface area contributed by atoms with Gasteiger partial charge in [0.2, 0.25) is 5.69 Å². The average Bonchev–Trinajstić information content (AvgIpc) is 3.89. The van der Waals surface area contributed by atoms with Crippen LogP contribution >= 0.6 is 0 Å². The van der Waals surface area contributed by atoms with Crippen molar-refractivity contribution >= 4 is 17.1 Å². The van der Waals surface area contributed by atoms with E-state index >= 15 is 0 Å². The van der Waals surface area contributed by atoms with Gasteiger partial charge in [-0.3, -0.25) is 0 Å². The van der Waals surface area contributed by atoms with Crippen molar-refractivity contribution in [3.05, 3.63) is 125 Å². The van der Waals surface area contributed by atoms with Crippen molar-refractivity contribution in [2.24, 2.45) is 5.41 Å². The van der Waals surface area contributed by atoms with Crippen LogP contribution in [0.25, 0.3) is 0 Å². The summed E-state index contributed by atoms with van der Waals surface area (Å²) in [7, 11) is 8.77. The maximum Gasteiger partial charge on any atom is 0.210 e. The molecular formula is C59H85N3O8+2. The fraction of sp³-hybridized carbons (Fsp3) is 0.559. The monoisotopic (exact) mass is 964 g/mol. The minimum absolute atomic E-state index is 0.207. The van der Waals surface area contributed by atoms with Crippen molar-refractivity contribution < 1.29 is 47.0 Å². The molecule has 6 rings (SSSR count). The summed E-state index contributed by atoms with van der Waals surface area (Å²) in [6.45, 7) is 23.4. The van der Waals surface area contributed by atoms with Crippen LogP contribution in [-0.2, 0) is 45.8 Å². The number of rotatable bonds is 28. The number of methoxy groups -OCH3 is 5. The Labute approximate surface area is 420 Å². The molecule has 1 aromatic heterocycles. The highest BCUT2D eigenvalue weighted by molar-refractivity contribution is 6.03. The van der Waals surface area contributed by atoms with Crippen LogP contribution in [0.1, 0.15) is 116 Å². The Balaban J connectivity index is 1.44. The fourth-order valence-electron chi connectivity index (χ4n) is 10.1. The number of benzene rings is 2. The van der Waals surface area contributed by atoms with Gasteiger partial charge >= 0.3 is 0 Å². The van der Waals surface area contributed by atoms with Crippen LogP contribution in [-0.4, -0.2) is 105 Å². The fourth-order valence-corrected chi connectivity index (χ4v) is 10.1. The van der Waals surface area contributed by atoms with E-state index in [9.17, 15) is 0 Å². The highest BCUT2D eigenvalue weighted by Crippen LogP contribution is 2.50. The van der Waals surface area contributed by atoms with E-state index in [1.807, 2.05) is 0 Å². The molecule has 2 aromatic carbocycles. The summed E-state index contributed by atoms with van der Waals surface area (Å²) < 4.78 is 51.7. The molecule has 1 aliphatic carbocycles. The Morgan fingerprint density at radius 2 is 1.21 bits per heavy atom. The van der Waals surface area contributed by atoms with Crippen molar-refractivity contribution in [3.8, 4) is 11.5 Å². The van der Waals surface area contributed by atoms with Gasteiger partial charge < -0.3 is 42.8 Å². The predicted molar refractivity (Wildman–Crippen MR) is 281 cm³/mol. The largest absolute Gasteiger partial charge is 0.493 e. The summed E-state index contributed by atoms with van der Waals surface area (Å²) in [4.78, 5) is 2.48. The Kier molecular flexibility index (Phi) is 19.9. The second kappa shape index (κ2) is 25.6. The van der Waals surface area contributed by atoms with Crippen molar-refractivity contribution in [3.63, 3.8) is 0 Å². The van der Waals surface area contributed by atoms with Crippen molar-refractivity contribution in [2.75, 3.05) is 99.8 Å². The lowest BCUT2D eigenvalue weighted by Crippen LogP contribution is -2.34. The molecule has 0 bridgehead atoms. The molecular weight excluding hydrogens is 879 g/mol. The quantitative estimate of drug-likeness (QED) is 0.0522. The standard InChI is InChI=1S/C59H85N3O8/c1-57(2,3)56(46-28-33-60(34-29-46)30-13-35-63-8)70-55-44(20-26-53-58(4,5)49-42-47(68-40-16-38-66-11)22-24-51(49)61(53)31-14-36-64-9)18-19-45(55)21-27-54-59(6,7)50-43-48(69-41-17-39-67-12)23-25-52(50)62(54)32-15-37-65-10/h20-29,33-34,42-43,56H,13-19,30-32,35-41H2,1-12H3/q+2. The molecule has 0 saturated heterocycles. The number of fused-ring (bicyclic) bond motifs is 2. The first kappa shape index (κ1) is 54.6. The molecule has 3 aromatic rings. The van der Waals surface area contributed by atoms with Gasteiger partial charge in [0.1, 0.15) is 23.4 Å². The lowest BCUT2D eigenvalue weighted by Gasteiger charge is -2.32. The number of ether oxygens (including phenoxy) is 8. The minimum Gasteiger partial charge on any atom is -0.493 e. The maximum atomic E-state index is 7.52. The summed E-state index contributed by atoms with van der Waals surface area (Å²) in [5.74, 6) is 2.73. The first-order valence-electron chi connectivity index (χ1n) is 25.6. The maximum absolute atomic E-state index is 7.52. The number of allylic oxidation sites excluding steroid dienone is 7. The molecule has 70 heavy (non-hydrogen) atoms. The van der Waals surface area contributed by atoms with Gasteiger partial charge in [-0.05, 0) is 92.3 Å². The Bertz CT molecular complexity index is 2330. The number of pyridine rings is 1. The van der Waals surface area contributed by atoms with Crippen LogP contribution in [0.4, 0.5) is 11.4 Å². The van der Waals surface area contributed by atoms with Crippen LogP contribution in [0.5, 0.6) is 11.5 Å². The third-order valence-corrected chi connectivity index (χ3v) is 13.8. The topological polar surface area (TPSA) is 84.0 Å². The summed E-state index contributed by atoms with van der Waals surface area (Å²) in [5, 5.41) is 0. The smallest absolute Gasteiger partial charge is 0.210 e. The molecule has 0 fully saturated rings. The summed E-state index contributed by atoms with van der Waals surface area (Å²) in [5.41, 5.74) is 10.2. The molecule has 0 radical (unpaired) electrons. The molecule has 3 aliphatic rings. The molecule has 0 N–H and O–H groups in total. The molecule has 0 amide bonds. The zero-order chi connectivity index (χ0) is 50.3. The zero-order valence-electron chi connectivity index (χ0n) is 44.8. The number of aryl methyl sites for hydroxylation is 1. The van der Waals surface area contributed by atoms with E-state index in [1.165, 1.54) is 45.1 Å². The molecule has 0 saturated carbocycles. The zero-order valence-corrected chi connectivity index (χ0v) is 44.8. The van der Waals surface area contributed by atoms with Crippen LogP contribution in [0, 0.1) is 5.41 Å². The van der Waals surface area contributed by atoms with Crippen molar-refractivity contribution in [1.82, 2.24) is 0 Å². The average molecular weight is 964 g/mol. The van der Waals surface area contributed by atoms with Crippen LogP contribution in [0.2, 0.25) is 0 Å².